The number of alkyl halides is 3. The lowest BCUT2D eigenvalue weighted by atomic mass is 10.1. The minimum atomic E-state index is -4.42. The quantitative estimate of drug-likeness (QED) is 0.894. The fourth-order valence-corrected chi connectivity index (χ4v) is 1.82. The lowest BCUT2D eigenvalue weighted by Gasteiger charge is -2.20. The van der Waals surface area contributed by atoms with E-state index in [1.165, 1.54) is 24.5 Å². The van der Waals surface area contributed by atoms with Crippen LogP contribution in [-0.4, -0.2) is 21.4 Å². The third kappa shape index (κ3) is 4.94. The number of carbonyl (C=O) groups excluding carboxylic acids is 1. The zero-order valence-electron chi connectivity index (χ0n) is 13.4. The summed E-state index contributed by atoms with van der Waals surface area (Å²) >= 11 is 0. The SMILES string of the molecule is CC(C)(C)NC(=O)c1cnc(Nc2cccc(C(F)(F)F)c2)nc1. The van der Waals surface area contributed by atoms with Gasteiger partial charge in [-0.3, -0.25) is 4.79 Å². The molecule has 2 aromatic rings. The van der Waals surface area contributed by atoms with Crippen LogP contribution >= 0.6 is 0 Å². The first-order chi connectivity index (χ1) is 11.0. The Morgan fingerprint density at radius 3 is 2.25 bits per heavy atom. The van der Waals surface area contributed by atoms with Crippen LogP contribution < -0.4 is 10.6 Å². The van der Waals surface area contributed by atoms with Crippen molar-refractivity contribution in [2.75, 3.05) is 5.32 Å². The van der Waals surface area contributed by atoms with Crippen molar-refractivity contribution in [2.45, 2.75) is 32.5 Å². The summed E-state index contributed by atoms with van der Waals surface area (Å²) in [6.07, 6.45) is -1.80. The van der Waals surface area contributed by atoms with E-state index in [-0.39, 0.29) is 23.1 Å². The van der Waals surface area contributed by atoms with Gasteiger partial charge in [0.2, 0.25) is 5.95 Å². The second kappa shape index (κ2) is 6.46. The van der Waals surface area contributed by atoms with Crippen LogP contribution in [0.5, 0.6) is 0 Å². The summed E-state index contributed by atoms with van der Waals surface area (Å²) in [5.74, 6) is -0.227. The van der Waals surface area contributed by atoms with Crippen LogP contribution in [0.1, 0.15) is 36.7 Å². The Morgan fingerprint density at radius 2 is 1.71 bits per heavy atom. The molecular weight excluding hydrogens is 321 g/mol. The molecule has 128 valence electrons. The molecule has 0 aliphatic rings. The Hall–Kier alpha value is -2.64. The lowest BCUT2D eigenvalue weighted by molar-refractivity contribution is -0.137. The number of carbonyl (C=O) groups is 1. The third-order valence-corrected chi connectivity index (χ3v) is 2.85. The molecule has 1 heterocycles. The molecular formula is C16H17F3N4O. The van der Waals surface area contributed by atoms with E-state index in [1.807, 2.05) is 20.8 Å². The van der Waals surface area contributed by atoms with E-state index in [9.17, 15) is 18.0 Å². The molecule has 0 spiro atoms. The van der Waals surface area contributed by atoms with E-state index >= 15 is 0 Å². The van der Waals surface area contributed by atoms with Crippen LogP contribution in [-0.2, 0) is 6.18 Å². The van der Waals surface area contributed by atoms with E-state index in [0.717, 1.165) is 12.1 Å². The van der Waals surface area contributed by atoms with Gasteiger partial charge in [-0.1, -0.05) is 6.07 Å². The number of rotatable bonds is 3. The van der Waals surface area contributed by atoms with Crippen LogP contribution in [0.4, 0.5) is 24.8 Å². The molecule has 0 unspecified atom stereocenters. The van der Waals surface area contributed by atoms with Crippen LogP contribution in [0.3, 0.4) is 0 Å². The van der Waals surface area contributed by atoms with Gasteiger partial charge in [0.05, 0.1) is 11.1 Å². The van der Waals surface area contributed by atoms with Crippen molar-refractivity contribution in [3.63, 3.8) is 0 Å². The van der Waals surface area contributed by atoms with Crippen molar-refractivity contribution < 1.29 is 18.0 Å². The molecule has 0 bridgehead atoms. The molecule has 2 N–H and O–H groups in total. The van der Waals surface area contributed by atoms with Crippen LogP contribution in [0.25, 0.3) is 0 Å². The Labute approximate surface area is 137 Å². The van der Waals surface area contributed by atoms with E-state index in [2.05, 4.69) is 20.6 Å². The van der Waals surface area contributed by atoms with Gasteiger partial charge in [-0.05, 0) is 39.0 Å². The number of hydrogen-bond acceptors (Lipinski definition) is 4. The van der Waals surface area contributed by atoms with Gasteiger partial charge in [0, 0.05) is 23.6 Å². The van der Waals surface area contributed by atoms with Crippen molar-refractivity contribution in [3.8, 4) is 0 Å². The molecule has 0 radical (unpaired) electrons. The van der Waals surface area contributed by atoms with Gasteiger partial charge in [0.15, 0.2) is 0 Å². The van der Waals surface area contributed by atoms with Gasteiger partial charge in [-0.2, -0.15) is 13.2 Å². The predicted octanol–water partition coefficient (Wildman–Crippen LogP) is 3.77. The molecule has 0 aliphatic heterocycles. The highest BCUT2D eigenvalue weighted by Gasteiger charge is 2.30. The summed E-state index contributed by atoms with van der Waals surface area (Å²) in [7, 11) is 0. The minimum absolute atomic E-state index is 0.0987. The summed E-state index contributed by atoms with van der Waals surface area (Å²) in [6, 6.07) is 4.70. The number of nitrogens with one attached hydrogen (secondary N) is 2. The number of anilines is 2. The predicted molar refractivity (Wildman–Crippen MR) is 84.0 cm³/mol. The fourth-order valence-electron chi connectivity index (χ4n) is 1.82. The average Bonchev–Trinajstić information content (AvgIpc) is 2.45. The first kappa shape index (κ1) is 17.7. The summed E-state index contributed by atoms with van der Waals surface area (Å²) in [4.78, 5) is 19.9. The van der Waals surface area contributed by atoms with Gasteiger partial charge < -0.3 is 10.6 Å². The summed E-state index contributed by atoms with van der Waals surface area (Å²) in [5.41, 5.74) is -0.698. The first-order valence-electron chi connectivity index (χ1n) is 7.13. The normalized spacial score (nSPS) is 11.9. The smallest absolute Gasteiger partial charge is 0.347 e. The lowest BCUT2D eigenvalue weighted by Crippen LogP contribution is -2.40. The standard InChI is InChI=1S/C16H17F3N4O/c1-15(2,3)23-13(24)10-8-20-14(21-9-10)22-12-6-4-5-11(7-12)16(17,18)19/h4-9H,1-3H3,(H,23,24)(H,20,21,22). The molecule has 0 saturated heterocycles. The van der Waals surface area contributed by atoms with E-state index in [1.54, 1.807) is 0 Å². The number of halogens is 3. The van der Waals surface area contributed by atoms with Crippen LogP contribution in [0, 0.1) is 0 Å². The van der Waals surface area contributed by atoms with Gasteiger partial charge in [-0.25, -0.2) is 9.97 Å². The fraction of sp³-hybridized carbons (Fsp3) is 0.312. The Bertz CT molecular complexity index is 721. The largest absolute Gasteiger partial charge is 0.416 e. The highest BCUT2D eigenvalue weighted by Crippen LogP contribution is 2.31. The number of hydrogen-bond donors (Lipinski definition) is 2. The van der Waals surface area contributed by atoms with Crippen LogP contribution in [0.2, 0.25) is 0 Å². The molecule has 0 saturated carbocycles. The van der Waals surface area contributed by atoms with Crippen molar-refractivity contribution in [2.24, 2.45) is 0 Å². The molecule has 1 amide bonds. The maximum atomic E-state index is 12.7. The molecule has 5 nitrogen and oxygen atoms in total. The number of benzene rings is 1. The number of nitrogens with zero attached hydrogens (tertiary/aromatic N) is 2. The van der Waals surface area contributed by atoms with Gasteiger partial charge in [0.25, 0.3) is 5.91 Å². The van der Waals surface area contributed by atoms with E-state index in [4.69, 9.17) is 0 Å². The summed E-state index contributed by atoms with van der Waals surface area (Å²) in [5, 5.41) is 5.44. The molecule has 1 aromatic heterocycles. The molecule has 0 atom stereocenters. The maximum absolute atomic E-state index is 12.7. The highest BCUT2D eigenvalue weighted by molar-refractivity contribution is 5.94. The van der Waals surface area contributed by atoms with E-state index < -0.39 is 17.3 Å². The minimum Gasteiger partial charge on any atom is -0.347 e. The summed E-state index contributed by atoms with van der Waals surface area (Å²) < 4.78 is 38.0. The Morgan fingerprint density at radius 1 is 1.08 bits per heavy atom. The Balaban J connectivity index is 2.11. The molecule has 0 aliphatic carbocycles. The van der Waals surface area contributed by atoms with Crippen molar-refractivity contribution >= 4 is 17.5 Å². The maximum Gasteiger partial charge on any atom is 0.416 e. The second-order valence-electron chi connectivity index (χ2n) is 6.20. The molecule has 8 heteroatoms. The van der Waals surface area contributed by atoms with Gasteiger partial charge in [-0.15, -0.1) is 0 Å². The number of aromatic nitrogens is 2. The zero-order valence-corrected chi connectivity index (χ0v) is 13.4. The summed E-state index contributed by atoms with van der Waals surface area (Å²) in [6.45, 7) is 5.53. The molecule has 24 heavy (non-hydrogen) atoms. The molecule has 2 rings (SSSR count). The highest BCUT2D eigenvalue weighted by atomic mass is 19.4. The zero-order chi connectivity index (χ0) is 18.0. The van der Waals surface area contributed by atoms with Gasteiger partial charge >= 0.3 is 6.18 Å². The average molecular weight is 338 g/mol. The van der Waals surface area contributed by atoms with Crippen molar-refractivity contribution in [1.29, 1.82) is 0 Å². The topological polar surface area (TPSA) is 66.9 Å². The van der Waals surface area contributed by atoms with Crippen molar-refractivity contribution in [1.82, 2.24) is 15.3 Å². The van der Waals surface area contributed by atoms with Crippen LogP contribution in [0.15, 0.2) is 36.7 Å². The Kier molecular flexibility index (Phi) is 4.77. The van der Waals surface area contributed by atoms with Crippen molar-refractivity contribution in [3.05, 3.63) is 47.8 Å². The third-order valence-electron chi connectivity index (χ3n) is 2.85. The molecule has 0 fully saturated rings. The molecule has 1 aromatic carbocycles. The van der Waals surface area contributed by atoms with Gasteiger partial charge in [0.1, 0.15) is 0 Å². The second-order valence-corrected chi connectivity index (χ2v) is 6.20. The number of amides is 1. The monoisotopic (exact) mass is 338 g/mol. The first-order valence-corrected chi connectivity index (χ1v) is 7.13. The van der Waals surface area contributed by atoms with E-state index in [0.29, 0.717) is 0 Å².